The van der Waals surface area contributed by atoms with Crippen LogP contribution in [0.15, 0.2) is 42.5 Å². The zero-order valence-electron chi connectivity index (χ0n) is 13.0. The van der Waals surface area contributed by atoms with Crippen LogP contribution in [0.1, 0.15) is 20.1 Å². The Kier molecular flexibility index (Phi) is 7.16. The van der Waals surface area contributed by atoms with Gasteiger partial charge in [-0.3, -0.25) is 9.59 Å². The van der Waals surface area contributed by atoms with Crippen molar-refractivity contribution < 1.29 is 9.59 Å². The van der Waals surface area contributed by atoms with Gasteiger partial charge < -0.3 is 10.6 Å². The molecular formula is C17H20N2O2S2. The van der Waals surface area contributed by atoms with E-state index in [2.05, 4.69) is 22.8 Å². The lowest BCUT2D eigenvalue weighted by Gasteiger charge is -2.06. The van der Waals surface area contributed by atoms with Crippen LogP contribution in [-0.4, -0.2) is 30.7 Å². The summed E-state index contributed by atoms with van der Waals surface area (Å²) >= 11 is 3.19. The largest absolute Gasteiger partial charge is 0.354 e. The standard InChI is InChI=1S/C17H20N2O2S2/c1-13-7-8-15(23-13)17(21)19-11-16(20)18-9-10-22-12-14-5-3-2-4-6-14/h2-8H,9-12H2,1H3,(H,18,20)(H,19,21). The highest BCUT2D eigenvalue weighted by Crippen LogP contribution is 2.14. The Hall–Kier alpha value is -1.79. The maximum atomic E-state index is 11.8. The van der Waals surface area contributed by atoms with Gasteiger partial charge in [-0.1, -0.05) is 30.3 Å². The Balaban J connectivity index is 1.56. The topological polar surface area (TPSA) is 58.2 Å². The number of carbonyl (C=O) groups excluding carboxylic acids is 2. The molecule has 0 aliphatic carbocycles. The average molecular weight is 348 g/mol. The minimum absolute atomic E-state index is 0.0130. The molecule has 1 aromatic carbocycles. The van der Waals surface area contributed by atoms with E-state index < -0.39 is 0 Å². The van der Waals surface area contributed by atoms with E-state index >= 15 is 0 Å². The van der Waals surface area contributed by atoms with Crippen molar-refractivity contribution in [3.05, 3.63) is 57.8 Å². The number of benzene rings is 1. The lowest BCUT2D eigenvalue weighted by Crippen LogP contribution is -2.37. The van der Waals surface area contributed by atoms with Crippen LogP contribution >= 0.6 is 23.1 Å². The Bertz CT molecular complexity index is 641. The summed E-state index contributed by atoms with van der Waals surface area (Å²) in [5.41, 5.74) is 1.28. The highest BCUT2D eigenvalue weighted by molar-refractivity contribution is 7.98. The quantitative estimate of drug-likeness (QED) is 0.721. The molecule has 4 nitrogen and oxygen atoms in total. The van der Waals surface area contributed by atoms with Crippen LogP contribution in [0.5, 0.6) is 0 Å². The van der Waals surface area contributed by atoms with Crippen molar-refractivity contribution in [3.8, 4) is 0 Å². The van der Waals surface area contributed by atoms with Gasteiger partial charge in [0, 0.05) is 22.9 Å². The summed E-state index contributed by atoms with van der Waals surface area (Å²) < 4.78 is 0. The summed E-state index contributed by atoms with van der Waals surface area (Å²) in [4.78, 5) is 25.2. The predicted molar refractivity (Wildman–Crippen MR) is 97.0 cm³/mol. The zero-order valence-corrected chi connectivity index (χ0v) is 14.6. The van der Waals surface area contributed by atoms with E-state index in [1.807, 2.05) is 31.2 Å². The van der Waals surface area contributed by atoms with Crippen molar-refractivity contribution >= 4 is 34.9 Å². The molecule has 0 spiro atoms. The fourth-order valence-corrected chi connectivity index (χ4v) is 3.50. The minimum Gasteiger partial charge on any atom is -0.354 e. The second kappa shape index (κ2) is 9.37. The van der Waals surface area contributed by atoms with Crippen molar-refractivity contribution in [2.75, 3.05) is 18.8 Å². The molecule has 1 heterocycles. The first-order valence-electron chi connectivity index (χ1n) is 7.38. The molecular weight excluding hydrogens is 328 g/mol. The fraction of sp³-hybridized carbons (Fsp3) is 0.294. The lowest BCUT2D eigenvalue weighted by atomic mass is 10.2. The van der Waals surface area contributed by atoms with E-state index in [1.165, 1.54) is 16.9 Å². The van der Waals surface area contributed by atoms with E-state index in [4.69, 9.17) is 0 Å². The normalized spacial score (nSPS) is 10.3. The third-order valence-corrected chi connectivity index (χ3v) is 5.08. The molecule has 0 unspecified atom stereocenters. The molecule has 0 saturated carbocycles. The highest BCUT2D eigenvalue weighted by atomic mass is 32.2. The first-order chi connectivity index (χ1) is 11.1. The van der Waals surface area contributed by atoms with Gasteiger partial charge in [0.1, 0.15) is 0 Å². The number of thioether (sulfide) groups is 1. The second-order valence-corrected chi connectivity index (χ2v) is 7.37. The van der Waals surface area contributed by atoms with Crippen molar-refractivity contribution in [1.82, 2.24) is 10.6 Å². The summed E-state index contributed by atoms with van der Waals surface area (Å²) in [5, 5.41) is 5.44. The molecule has 6 heteroatoms. The smallest absolute Gasteiger partial charge is 0.261 e. The van der Waals surface area contributed by atoms with Gasteiger partial charge in [-0.2, -0.15) is 11.8 Å². The molecule has 0 bridgehead atoms. The molecule has 2 N–H and O–H groups in total. The molecule has 2 rings (SSSR count). The molecule has 0 aliphatic heterocycles. The Morgan fingerprint density at radius 3 is 2.57 bits per heavy atom. The predicted octanol–water partition coefficient (Wildman–Crippen LogP) is 2.84. The number of rotatable bonds is 8. The van der Waals surface area contributed by atoms with E-state index in [0.29, 0.717) is 11.4 Å². The van der Waals surface area contributed by atoms with Gasteiger partial charge in [0.15, 0.2) is 0 Å². The number of carbonyl (C=O) groups is 2. The summed E-state index contributed by atoms with van der Waals surface area (Å²) in [6, 6.07) is 13.9. The van der Waals surface area contributed by atoms with E-state index in [9.17, 15) is 9.59 Å². The molecule has 0 fully saturated rings. The van der Waals surface area contributed by atoms with Crippen molar-refractivity contribution in [1.29, 1.82) is 0 Å². The van der Waals surface area contributed by atoms with E-state index in [-0.39, 0.29) is 18.4 Å². The number of hydrogen-bond donors (Lipinski definition) is 2. The minimum atomic E-state index is -0.197. The van der Waals surface area contributed by atoms with Crippen molar-refractivity contribution in [2.45, 2.75) is 12.7 Å². The van der Waals surface area contributed by atoms with Crippen LogP contribution in [0.3, 0.4) is 0 Å². The molecule has 122 valence electrons. The number of thiophene rings is 1. The van der Waals surface area contributed by atoms with Gasteiger partial charge in [0.2, 0.25) is 5.91 Å². The monoisotopic (exact) mass is 348 g/mol. The summed E-state index contributed by atoms with van der Waals surface area (Å²) in [6.45, 7) is 2.56. The molecule has 2 aromatic rings. The maximum Gasteiger partial charge on any atom is 0.261 e. The van der Waals surface area contributed by atoms with Gasteiger partial charge >= 0.3 is 0 Å². The summed E-state index contributed by atoms with van der Waals surface area (Å²) in [5.74, 6) is 1.42. The zero-order chi connectivity index (χ0) is 16.5. The lowest BCUT2D eigenvalue weighted by molar-refractivity contribution is -0.120. The van der Waals surface area contributed by atoms with Crippen LogP contribution < -0.4 is 10.6 Å². The van der Waals surface area contributed by atoms with Gasteiger partial charge in [-0.05, 0) is 24.6 Å². The van der Waals surface area contributed by atoms with Crippen LogP contribution in [-0.2, 0) is 10.5 Å². The molecule has 2 amide bonds. The van der Waals surface area contributed by atoms with Crippen LogP contribution in [0.4, 0.5) is 0 Å². The molecule has 23 heavy (non-hydrogen) atoms. The van der Waals surface area contributed by atoms with Crippen molar-refractivity contribution in [2.24, 2.45) is 0 Å². The van der Waals surface area contributed by atoms with E-state index in [0.717, 1.165) is 16.4 Å². The average Bonchev–Trinajstić information content (AvgIpc) is 3.00. The fourth-order valence-electron chi connectivity index (χ4n) is 1.89. The number of aryl methyl sites for hydroxylation is 1. The van der Waals surface area contributed by atoms with Gasteiger partial charge in [-0.25, -0.2) is 0 Å². The number of hydrogen-bond acceptors (Lipinski definition) is 4. The SMILES string of the molecule is Cc1ccc(C(=O)NCC(=O)NCCSCc2ccccc2)s1. The Morgan fingerprint density at radius 1 is 1.09 bits per heavy atom. The summed E-state index contributed by atoms with van der Waals surface area (Å²) in [6.07, 6.45) is 0. The summed E-state index contributed by atoms with van der Waals surface area (Å²) in [7, 11) is 0. The first-order valence-corrected chi connectivity index (χ1v) is 9.35. The molecule has 0 saturated heterocycles. The van der Waals surface area contributed by atoms with Crippen LogP contribution in [0.25, 0.3) is 0 Å². The number of amides is 2. The molecule has 0 atom stereocenters. The third kappa shape index (κ3) is 6.46. The van der Waals surface area contributed by atoms with E-state index in [1.54, 1.807) is 17.8 Å². The van der Waals surface area contributed by atoms with Gasteiger partial charge in [-0.15, -0.1) is 11.3 Å². The Labute approximate surface area is 144 Å². The Morgan fingerprint density at radius 2 is 1.87 bits per heavy atom. The third-order valence-electron chi connectivity index (χ3n) is 3.05. The van der Waals surface area contributed by atoms with Crippen LogP contribution in [0.2, 0.25) is 0 Å². The molecule has 1 aromatic heterocycles. The second-order valence-electron chi connectivity index (χ2n) is 4.98. The van der Waals surface area contributed by atoms with Gasteiger partial charge in [0.25, 0.3) is 5.91 Å². The highest BCUT2D eigenvalue weighted by Gasteiger charge is 2.09. The molecule has 0 aliphatic rings. The van der Waals surface area contributed by atoms with Crippen molar-refractivity contribution in [3.63, 3.8) is 0 Å². The number of nitrogens with one attached hydrogen (secondary N) is 2. The molecule has 0 radical (unpaired) electrons. The first kappa shape index (κ1) is 17.6. The maximum absolute atomic E-state index is 11.8. The van der Waals surface area contributed by atoms with Crippen LogP contribution in [0, 0.1) is 6.92 Å². The van der Waals surface area contributed by atoms with Gasteiger partial charge in [0.05, 0.1) is 11.4 Å².